The zero-order valence-corrected chi connectivity index (χ0v) is 18.0. The van der Waals surface area contributed by atoms with Crippen LogP contribution in [0.5, 0.6) is 0 Å². The maximum Gasteiger partial charge on any atom is 0.326 e. The zero-order chi connectivity index (χ0) is 22.1. The van der Waals surface area contributed by atoms with E-state index in [-0.39, 0.29) is 30.1 Å². The number of hydrogen-bond acceptors (Lipinski definition) is 4. The average Bonchev–Trinajstić information content (AvgIpc) is 2.76. The van der Waals surface area contributed by atoms with Crippen molar-refractivity contribution < 1.29 is 19.5 Å². The molecule has 7 heteroatoms. The van der Waals surface area contributed by atoms with Gasteiger partial charge in [-0.15, -0.1) is 0 Å². The summed E-state index contributed by atoms with van der Waals surface area (Å²) >= 11 is 0. The molecule has 1 aliphatic carbocycles. The minimum absolute atomic E-state index is 0.116. The van der Waals surface area contributed by atoms with Crippen molar-refractivity contribution in [1.82, 2.24) is 10.6 Å². The SMILES string of the molecule is CC[C@H](C)[C@H](N)C(=O)NCC1CCC(C(=O)N[C@@H](Cc2ccccc2)C(=O)O)CC1. The molecule has 1 aromatic rings. The van der Waals surface area contributed by atoms with Gasteiger partial charge in [0.05, 0.1) is 6.04 Å². The molecule has 0 saturated heterocycles. The van der Waals surface area contributed by atoms with Crippen LogP contribution in [0.25, 0.3) is 0 Å². The maximum atomic E-state index is 12.6. The number of amides is 2. The number of aliphatic carboxylic acids is 1. The number of carbonyl (C=O) groups excluding carboxylic acids is 2. The molecule has 0 aromatic heterocycles. The molecular formula is C23H35N3O4. The molecular weight excluding hydrogens is 382 g/mol. The Labute approximate surface area is 178 Å². The van der Waals surface area contributed by atoms with Crippen molar-refractivity contribution in [2.24, 2.45) is 23.5 Å². The van der Waals surface area contributed by atoms with Crippen molar-refractivity contribution in [2.75, 3.05) is 6.54 Å². The molecule has 1 aliphatic rings. The van der Waals surface area contributed by atoms with E-state index in [1.807, 2.05) is 44.2 Å². The fourth-order valence-corrected chi connectivity index (χ4v) is 3.84. The number of rotatable bonds is 10. The molecule has 3 atom stereocenters. The summed E-state index contributed by atoms with van der Waals surface area (Å²) in [5, 5.41) is 15.1. The molecule has 7 nitrogen and oxygen atoms in total. The van der Waals surface area contributed by atoms with Gasteiger partial charge in [-0.05, 0) is 43.1 Å². The minimum Gasteiger partial charge on any atom is -0.480 e. The Morgan fingerprint density at radius 3 is 2.33 bits per heavy atom. The third kappa shape index (κ3) is 7.13. The van der Waals surface area contributed by atoms with Gasteiger partial charge >= 0.3 is 5.97 Å². The summed E-state index contributed by atoms with van der Waals surface area (Å²) in [5.74, 6) is -1.06. The van der Waals surface area contributed by atoms with Gasteiger partial charge in [-0.3, -0.25) is 9.59 Å². The second-order valence-electron chi connectivity index (χ2n) is 8.46. The summed E-state index contributed by atoms with van der Waals surface area (Å²) in [5.41, 5.74) is 6.84. The Morgan fingerprint density at radius 2 is 1.77 bits per heavy atom. The first-order valence-corrected chi connectivity index (χ1v) is 10.9. The van der Waals surface area contributed by atoms with Gasteiger partial charge in [0.2, 0.25) is 11.8 Å². The topological polar surface area (TPSA) is 122 Å². The van der Waals surface area contributed by atoms with Gasteiger partial charge in [0.25, 0.3) is 0 Å². The monoisotopic (exact) mass is 417 g/mol. The molecule has 1 fully saturated rings. The molecule has 0 bridgehead atoms. The predicted octanol–water partition coefficient (Wildman–Crippen LogP) is 2.09. The molecule has 2 amide bonds. The Kier molecular flexibility index (Phi) is 9.30. The summed E-state index contributed by atoms with van der Waals surface area (Å²) in [6.07, 6.45) is 4.17. The number of hydrogen-bond donors (Lipinski definition) is 4. The lowest BCUT2D eigenvalue weighted by Crippen LogP contribution is -2.47. The van der Waals surface area contributed by atoms with Crippen LogP contribution in [0.1, 0.15) is 51.5 Å². The molecule has 0 heterocycles. The number of nitrogens with one attached hydrogen (secondary N) is 2. The van der Waals surface area contributed by atoms with Gasteiger partial charge < -0.3 is 21.5 Å². The van der Waals surface area contributed by atoms with Crippen LogP contribution in [-0.4, -0.2) is 41.5 Å². The van der Waals surface area contributed by atoms with Crippen LogP contribution in [0.15, 0.2) is 30.3 Å². The highest BCUT2D eigenvalue weighted by Crippen LogP contribution is 2.28. The number of carboxylic acids is 1. The normalized spacial score (nSPS) is 21.8. The van der Waals surface area contributed by atoms with E-state index in [1.54, 1.807) is 0 Å². The fraction of sp³-hybridized carbons (Fsp3) is 0.609. The van der Waals surface area contributed by atoms with Gasteiger partial charge in [0.1, 0.15) is 6.04 Å². The number of nitrogens with two attached hydrogens (primary N) is 1. The highest BCUT2D eigenvalue weighted by atomic mass is 16.4. The molecule has 5 N–H and O–H groups in total. The molecule has 1 aromatic carbocycles. The summed E-state index contributed by atoms with van der Waals surface area (Å²) in [6, 6.07) is 7.87. The molecule has 0 radical (unpaired) electrons. The first-order chi connectivity index (χ1) is 14.3. The molecule has 0 aliphatic heterocycles. The van der Waals surface area contributed by atoms with E-state index >= 15 is 0 Å². The Bertz CT molecular complexity index is 702. The minimum atomic E-state index is -1.03. The van der Waals surface area contributed by atoms with Crippen molar-refractivity contribution in [3.8, 4) is 0 Å². The van der Waals surface area contributed by atoms with E-state index < -0.39 is 18.1 Å². The Hall–Kier alpha value is -2.41. The number of carboxylic acid groups (broad SMARTS) is 1. The van der Waals surface area contributed by atoms with Crippen molar-refractivity contribution in [3.63, 3.8) is 0 Å². The van der Waals surface area contributed by atoms with Crippen molar-refractivity contribution >= 4 is 17.8 Å². The molecule has 30 heavy (non-hydrogen) atoms. The third-order valence-electron chi connectivity index (χ3n) is 6.24. The summed E-state index contributed by atoms with van der Waals surface area (Å²) in [6.45, 7) is 4.55. The predicted molar refractivity (Wildman–Crippen MR) is 116 cm³/mol. The van der Waals surface area contributed by atoms with Crippen LogP contribution in [0.2, 0.25) is 0 Å². The lowest BCUT2D eigenvalue weighted by molar-refractivity contribution is -0.142. The van der Waals surface area contributed by atoms with Crippen LogP contribution in [0.3, 0.4) is 0 Å². The van der Waals surface area contributed by atoms with E-state index in [0.29, 0.717) is 25.3 Å². The van der Waals surface area contributed by atoms with E-state index in [4.69, 9.17) is 5.73 Å². The van der Waals surface area contributed by atoms with Crippen LogP contribution in [-0.2, 0) is 20.8 Å². The third-order valence-corrected chi connectivity index (χ3v) is 6.24. The van der Waals surface area contributed by atoms with E-state index in [1.165, 1.54) is 0 Å². The second-order valence-corrected chi connectivity index (χ2v) is 8.46. The first kappa shape index (κ1) is 23.9. The van der Waals surface area contributed by atoms with Crippen LogP contribution in [0.4, 0.5) is 0 Å². The van der Waals surface area contributed by atoms with Crippen molar-refractivity contribution in [3.05, 3.63) is 35.9 Å². The van der Waals surface area contributed by atoms with Crippen LogP contribution >= 0.6 is 0 Å². The molecule has 0 unspecified atom stereocenters. The molecule has 0 spiro atoms. The number of benzene rings is 1. The largest absolute Gasteiger partial charge is 0.480 e. The first-order valence-electron chi connectivity index (χ1n) is 10.9. The molecule has 166 valence electrons. The second kappa shape index (κ2) is 11.7. The number of carbonyl (C=O) groups is 3. The van der Waals surface area contributed by atoms with E-state index in [2.05, 4.69) is 10.6 Å². The molecule has 1 saturated carbocycles. The lowest BCUT2D eigenvalue weighted by atomic mass is 9.81. The lowest BCUT2D eigenvalue weighted by Gasteiger charge is -2.29. The van der Waals surface area contributed by atoms with E-state index in [9.17, 15) is 19.5 Å². The highest BCUT2D eigenvalue weighted by Gasteiger charge is 2.30. The summed E-state index contributed by atoms with van der Waals surface area (Å²) in [4.78, 5) is 36.3. The average molecular weight is 418 g/mol. The van der Waals surface area contributed by atoms with Crippen molar-refractivity contribution in [1.29, 1.82) is 0 Å². The van der Waals surface area contributed by atoms with E-state index in [0.717, 1.165) is 24.8 Å². The van der Waals surface area contributed by atoms with Gasteiger partial charge in [-0.1, -0.05) is 50.6 Å². The quantitative estimate of drug-likeness (QED) is 0.464. The van der Waals surface area contributed by atoms with Crippen LogP contribution in [0, 0.1) is 17.8 Å². The van der Waals surface area contributed by atoms with Gasteiger partial charge in [-0.2, -0.15) is 0 Å². The van der Waals surface area contributed by atoms with Crippen molar-refractivity contribution in [2.45, 2.75) is 64.5 Å². The Morgan fingerprint density at radius 1 is 1.13 bits per heavy atom. The molecule has 2 rings (SSSR count). The summed E-state index contributed by atoms with van der Waals surface area (Å²) < 4.78 is 0. The smallest absolute Gasteiger partial charge is 0.326 e. The van der Waals surface area contributed by atoms with Gasteiger partial charge in [0.15, 0.2) is 0 Å². The summed E-state index contributed by atoms with van der Waals surface area (Å²) in [7, 11) is 0. The standard InChI is InChI=1S/C23H35N3O4/c1-3-15(2)20(24)22(28)25-14-17-9-11-18(12-10-17)21(27)26-19(23(29)30)13-16-7-5-4-6-8-16/h4-8,15,17-20H,3,9-14,24H2,1-2H3,(H,25,28)(H,26,27)(H,29,30)/t15-,17?,18?,19-,20-/m0/s1. The van der Waals surface area contributed by atoms with Gasteiger partial charge in [0, 0.05) is 18.9 Å². The fourth-order valence-electron chi connectivity index (χ4n) is 3.84. The maximum absolute atomic E-state index is 12.6. The van der Waals surface area contributed by atoms with Gasteiger partial charge in [-0.25, -0.2) is 4.79 Å². The zero-order valence-electron chi connectivity index (χ0n) is 18.0. The highest BCUT2D eigenvalue weighted by molar-refractivity contribution is 5.85. The van der Waals surface area contributed by atoms with Crippen LogP contribution < -0.4 is 16.4 Å². The Balaban J connectivity index is 1.77.